The maximum atomic E-state index is 11.7. The molecule has 2 aromatic rings. The molecule has 0 spiro atoms. The quantitative estimate of drug-likeness (QED) is 0.346. The lowest BCUT2D eigenvalue weighted by Gasteiger charge is -2.08. The van der Waals surface area contributed by atoms with Gasteiger partial charge in [-0.05, 0) is 42.0 Å². The van der Waals surface area contributed by atoms with Gasteiger partial charge in [-0.3, -0.25) is 9.79 Å². The topological polar surface area (TPSA) is 38.7 Å². The summed E-state index contributed by atoms with van der Waals surface area (Å²) in [6.07, 6.45) is 1.65. The number of ether oxygens (including phenoxy) is 1. The second kappa shape index (κ2) is 7.95. The highest BCUT2D eigenvalue weighted by atomic mass is 79.9. The van der Waals surface area contributed by atoms with Gasteiger partial charge in [0.2, 0.25) is 0 Å². The summed E-state index contributed by atoms with van der Waals surface area (Å²) in [7, 11) is 0. The first-order valence-electron chi connectivity index (χ1n) is 6.86. The van der Waals surface area contributed by atoms with Crippen LogP contribution < -0.4 is 4.74 Å². The smallest absolute Gasteiger partial charge is 0.313 e. The van der Waals surface area contributed by atoms with Crippen LogP contribution in [0, 0.1) is 5.92 Å². The van der Waals surface area contributed by atoms with Gasteiger partial charge in [-0.1, -0.05) is 53.0 Å². The van der Waals surface area contributed by atoms with Gasteiger partial charge in [0.25, 0.3) is 0 Å². The van der Waals surface area contributed by atoms with E-state index >= 15 is 0 Å². The number of hydrogen-bond acceptors (Lipinski definition) is 3. The third-order valence-electron chi connectivity index (χ3n) is 2.85. The highest BCUT2D eigenvalue weighted by molar-refractivity contribution is 9.10. The van der Waals surface area contributed by atoms with E-state index in [-0.39, 0.29) is 11.9 Å². The number of benzene rings is 2. The van der Waals surface area contributed by atoms with Gasteiger partial charge in [-0.25, -0.2) is 0 Å². The van der Waals surface area contributed by atoms with Crippen molar-refractivity contribution in [3.63, 3.8) is 0 Å². The summed E-state index contributed by atoms with van der Waals surface area (Å²) in [6, 6.07) is 10.4. The molecule has 23 heavy (non-hydrogen) atoms. The zero-order valence-corrected chi connectivity index (χ0v) is 15.6. The van der Waals surface area contributed by atoms with E-state index in [4.69, 9.17) is 27.9 Å². The van der Waals surface area contributed by atoms with Crippen LogP contribution in [0.3, 0.4) is 0 Å². The van der Waals surface area contributed by atoms with E-state index in [0.29, 0.717) is 21.5 Å². The normalized spacial score (nSPS) is 11.2. The minimum absolute atomic E-state index is 0.195. The third kappa shape index (κ3) is 5.34. The molecule has 0 N–H and O–H groups in total. The molecule has 0 aliphatic carbocycles. The summed E-state index contributed by atoms with van der Waals surface area (Å²) >= 11 is 15.3. The Labute approximate surface area is 153 Å². The highest BCUT2D eigenvalue weighted by Gasteiger charge is 2.10. The van der Waals surface area contributed by atoms with Gasteiger partial charge >= 0.3 is 5.97 Å². The van der Waals surface area contributed by atoms with Crippen molar-refractivity contribution >= 4 is 57.0 Å². The first-order chi connectivity index (χ1) is 10.8. The van der Waals surface area contributed by atoms with Crippen LogP contribution >= 0.6 is 39.1 Å². The van der Waals surface area contributed by atoms with Crippen molar-refractivity contribution in [3.05, 3.63) is 56.5 Å². The molecule has 0 aliphatic rings. The number of halogens is 3. The molecule has 0 heterocycles. The first-order valence-corrected chi connectivity index (χ1v) is 8.41. The summed E-state index contributed by atoms with van der Waals surface area (Å²) in [6.45, 7) is 3.57. The molecule has 0 amide bonds. The zero-order valence-electron chi connectivity index (χ0n) is 12.5. The summed E-state index contributed by atoms with van der Waals surface area (Å²) < 4.78 is 6.10. The SMILES string of the molecule is CC(C)C(=O)Oc1cc(Br)cc(C=Nc2ccc(Cl)cc2Cl)c1. The van der Waals surface area contributed by atoms with Gasteiger partial charge in [0.15, 0.2) is 0 Å². The van der Waals surface area contributed by atoms with E-state index < -0.39 is 0 Å². The number of carbonyl (C=O) groups is 1. The number of esters is 1. The molecule has 0 saturated heterocycles. The Morgan fingerprint density at radius 2 is 1.96 bits per heavy atom. The van der Waals surface area contributed by atoms with Crippen LogP contribution in [0.25, 0.3) is 0 Å². The average Bonchev–Trinajstić information content (AvgIpc) is 2.45. The van der Waals surface area contributed by atoms with Gasteiger partial charge < -0.3 is 4.74 Å². The molecule has 120 valence electrons. The van der Waals surface area contributed by atoms with Crippen molar-refractivity contribution in [1.82, 2.24) is 0 Å². The molecule has 0 aromatic heterocycles. The van der Waals surface area contributed by atoms with E-state index in [9.17, 15) is 4.79 Å². The molecule has 2 rings (SSSR count). The van der Waals surface area contributed by atoms with Crippen molar-refractivity contribution in [1.29, 1.82) is 0 Å². The van der Waals surface area contributed by atoms with Crippen LogP contribution in [0.15, 0.2) is 45.9 Å². The van der Waals surface area contributed by atoms with Gasteiger partial charge in [0, 0.05) is 15.7 Å². The fourth-order valence-electron chi connectivity index (χ4n) is 1.68. The molecule has 0 unspecified atom stereocenters. The molecule has 0 saturated carbocycles. The third-order valence-corrected chi connectivity index (χ3v) is 3.84. The van der Waals surface area contributed by atoms with Crippen molar-refractivity contribution in [2.45, 2.75) is 13.8 Å². The molecule has 0 atom stereocenters. The monoisotopic (exact) mass is 413 g/mol. The second-order valence-corrected chi connectivity index (χ2v) is 6.91. The van der Waals surface area contributed by atoms with Crippen LogP contribution in [0.2, 0.25) is 10.0 Å². The predicted octanol–water partition coefficient (Wildman–Crippen LogP) is 6.07. The summed E-state index contributed by atoms with van der Waals surface area (Å²) in [5, 5.41) is 1.02. The van der Waals surface area contributed by atoms with Crippen LogP contribution in [0.4, 0.5) is 5.69 Å². The average molecular weight is 415 g/mol. The molecule has 2 aromatic carbocycles. The van der Waals surface area contributed by atoms with Gasteiger partial charge in [0.1, 0.15) is 5.75 Å². The molecule has 0 fully saturated rings. The Hall–Kier alpha value is -1.36. The van der Waals surface area contributed by atoms with Crippen LogP contribution in [-0.2, 0) is 4.79 Å². The summed E-state index contributed by atoms with van der Waals surface area (Å²) in [5.41, 5.74) is 1.38. The second-order valence-electron chi connectivity index (χ2n) is 5.15. The predicted molar refractivity (Wildman–Crippen MR) is 98.3 cm³/mol. The fraction of sp³-hybridized carbons (Fsp3) is 0.176. The number of hydrogen-bond donors (Lipinski definition) is 0. The lowest BCUT2D eigenvalue weighted by Crippen LogP contribution is -2.14. The molecule has 0 aliphatic heterocycles. The molecule has 0 radical (unpaired) electrons. The van der Waals surface area contributed by atoms with E-state index in [1.807, 2.05) is 6.07 Å². The summed E-state index contributed by atoms with van der Waals surface area (Å²) in [5.74, 6) is -0.0209. The van der Waals surface area contributed by atoms with E-state index in [2.05, 4.69) is 20.9 Å². The van der Waals surface area contributed by atoms with Gasteiger partial charge in [-0.15, -0.1) is 0 Å². The maximum absolute atomic E-state index is 11.7. The minimum Gasteiger partial charge on any atom is -0.426 e. The Balaban J connectivity index is 2.24. The van der Waals surface area contributed by atoms with Gasteiger partial charge in [0.05, 0.1) is 16.6 Å². The van der Waals surface area contributed by atoms with Gasteiger partial charge in [-0.2, -0.15) is 0 Å². The standard InChI is InChI=1S/C17H14BrCl2NO2/c1-10(2)17(22)23-14-6-11(5-12(18)7-14)9-21-16-4-3-13(19)8-15(16)20/h3-10H,1-2H3. The van der Waals surface area contributed by atoms with Crippen LogP contribution in [-0.4, -0.2) is 12.2 Å². The van der Waals surface area contributed by atoms with Crippen molar-refractivity contribution in [3.8, 4) is 5.75 Å². The van der Waals surface area contributed by atoms with E-state index in [0.717, 1.165) is 10.0 Å². The van der Waals surface area contributed by atoms with Crippen molar-refractivity contribution < 1.29 is 9.53 Å². The van der Waals surface area contributed by atoms with E-state index in [1.165, 1.54) is 0 Å². The summed E-state index contributed by atoms with van der Waals surface area (Å²) in [4.78, 5) is 16.0. The van der Waals surface area contributed by atoms with Crippen molar-refractivity contribution in [2.24, 2.45) is 10.9 Å². The number of aliphatic imine (C=N–C) groups is 1. The number of nitrogens with zero attached hydrogens (tertiary/aromatic N) is 1. The van der Waals surface area contributed by atoms with Crippen LogP contribution in [0.5, 0.6) is 5.75 Å². The zero-order chi connectivity index (χ0) is 17.0. The first kappa shape index (κ1) is 18.0. The molecular formula is C17H14BrCl2NO2. The lowest BCUT2D eigenvalue weighted by atomic mass is 10.2. The van der Waals surface area contributed by atoms with Crippen LogP contribution in [0.1, 0.15) is 19.4 Å². The highest BCUT2D eigenvalue weighted by Crippen LogP contribution is 2.28. The lowest BCUT2D eigenvalue weighted by molar-refractivity contribution is -0.137. The Morgan fingerprint density at radius 1 is 1.22 bits per heavy atom. The molecule has 3 nitrogen and oxygen atoms in total. The minimum atomic E-state index is -0.285. The Kier molecular flexibility index (Phi) is 6.22. The van der Waals surface area contributed by atoms with Crippen molar-refractivity contribution in [2.75, 3.05) is 0 Å². The fourth-order valence-corrected chi connectivity index (χ4v) is 2.63. The largest absolute Gasteiger partial charge is 0.426 e. The molecular weight excluding hydrogens is 401 g/mol. The van der Waals surface area contributed by atoms with E-state index in [1.54, 1.807) is 50.4 Å². The molecule has 0 bridgehead atoms. The maximum Gasteiger partial charge on any atom is 0.313 e. The number of carbonyl (C=O) groups excluding carboxylic acids is 1. The Bertz CT molecular complexity index is 760. The molecule has 6 heteroatoms. The number of rotatable bonds is 4. The Morgan fingerprint density at radius 3 is 2.61 bits per heavy atom.